The Labute approximate surface area is 126 Å². The average molecular weight is 284 g/mol. The van der Waals surface area contributed by atoms with Crippen LogP contribution in [0.3, 0.4) is 0 Å². The highest BCUT2D eigenvalue weighted by atomic mass is 16.1. The van der Waals surface area contributed by atoms with Gasteiger partial charge in [-0.1, -0.05) is 6.07 Å². The summed E-state index contributed by atoms with van der Waals surface area (Å²) in [7, 11) is 3.99. The van der Waals surface area contributed by atoms with Crippen molar-refractivity contribution in [1.29, 1.82) is 0 Å². The first kappa shape index (κ1) is 15.0. The molecule has 0 aliphatic carbocycles. The number of nitrogens with zero attached hydrogens (tertiary/aromatic N) is 2. The molecule has 1 heterocycles. The summed E-state index contributed by atoms with van der Waals surface area (Å²) in [4.78, 5) is 14.1. The van der Waals surface area contributed by atoms with E-state index in [4.69, 9.17) is 0 Å². The zero-order chi connectivity index (χ0) is 15.4. The molecule has 4 nitrogen and oxygen atoms in total. The van der Waals surface area contributed by atoms with Crippen LogP contribution in [0, 0.1) is 13.8 Å². The number of rotatable bonds is 4. The lowest BCUT2D eigenvalue weighted by Gasteiger charge is -2.10. The molecule has 1 amide bonds. The molecule has 0 aliphatic heterocycles. The monoisotopic (exact) mass is 284 g/mol. The van der Waals surface area contributed by atoms with Crippen LogP contribution in [0.15, 0.2) is 42.7 Å². The van der Waals surface area contributed by atoms with Gasteiger partial charge in [0.05, 0.1) is 0 Å². The minimum Gasteiger partial charge on any atom is -0.377 e. The van der Waals surface area contributed by atoms with Gasteiger partial charge in [-0.3, -0.25) is 4.79 Å². The van der Waals surface area contributed by atoms with E-state index in [2.05, 4.69) is 11.4 Å². The summed E-state index contributed by atoms with van der Waals surface area (Å²) in [6, 6.07) is 10.0. The smallest absolute Gasteiger partial charge is 0.290 e. The zero-order valence-corrected chi connectivity index (χ0v) is 13.1. The van der Waals surface area contributed by atoms with Crippen molar-refractivity contribution in [2.45, 2.75) is 20.4 Å². The number of pyridine rings is 1. The predicted octanol–water partition coefficient (Wildman–Crippen LogP) is 2.30. The van der Waals surface area contributed by atoms with Gasteiger partial charge < -0.3 is 10.2 Å². The fourth-order valence-corrected chi connectivity index (χ4v) is 2.27. The summed E-state index contributed by atoms with van der Waals surface area (Å²) < 4.78 is 1.87. The lowest BCUT2D eigenvalue weighted by Crippen LogP contribution is -2.39. The normalized spacial score (nSPS) is 10.3. The molecular formula is C17H22N3O+. The topological polar surface area (TPSA) is 36.2 Å². The standard InChI is InChI=1S/C17H21N3O/c1-13-9-14(2)11-15(10-13)18-17(21)12-20-7-5-16(6-8-20)19(3)4/h5-11H,12H2,1-4H3/p+1. The predicted molar refractivity (Wildman–Crippen MR) is 85.5 cm³/mol. The van der Waals surface area contributed by atoms with E-state index in [0.29, 0.717) is 6.54 Å². The highest BCUT2D eigenvalue weighted by Gasteiger charge is 2.10. The van der Waals surface area contributed by atoms with Crippen LogP contribution in [-0.4, -0.2) is 20.0 Å². The second-order valence-corrected chi connectivity index (χ2v) is 5.55. The molecule has 0 unspecified atom stereocenters. The van der Waals surface area contributed by atoms with Crippen molar-refractivity contribution in [3.63, 3.8) is 0 Å². The van der Waals surface area contributed by atoms with E-state index in [0.717, 1.165) is 22.5 Å². The van der Waals surface area contributed by atoms with Crippen molar-refractivity contribution in [1.82, 2.24) is 0 Å². The molecule has 0 fully saturated rings. The molecule has 2 rings (SSSR count). The van der Waals surface area contributed by atoms with E-state index in [1.165, 1.54) is 0 Å². The Kier molecular flexibility index (Phi) is 4.58. The number of anilines is 2. The van der Waals surface area contributed by atoms with E-state index >= 15 is 0 Å². The average Bonchev–Trinajstić information content (AvgIpc) is 2.37. The highest BCUT2D eigenvalue weighted by molar-refractivity contribution is 5.89. The van der Waals surface area contributed by atoms with Crippen molar-refractivity contribution < 1.29 is 9.36 Å². The van der Waals surface area contributed by atoms with E-state index in [-0.39, 0.29) is 5.91 Å². The quantitative estimate of drug-likeness (QED) is 0.875. The van der Waals surface area contributed by atoms with Crippen LogP contribution >= 0.6 is 0 Å². The van der Waals surface area contributed by atoms with E-state index in [1.807, 2.05) is 74.1 Å². The maximum Gasteiger partial charge on any atom is 0.290 e. The van der Waals surface area contributed by atoms with Crippen molar-refractivity contribution in [3.8, 4) is 0 Å². The highest BCUT2D eigenvalue weighted by Crippen LogP contribution is 2.13. The molecule has 0 saturated heterocycles. The van der Waals surface area contributed by atoms with Crippen LogP contribution in [-0.2, 0) is 11.3 Å². The Morgan fingerprint density at radius 1 is 1.10 bits per heavy atom. The summed E-state index contributed by atoms with van der Waals surface area (Å²) in [6.45, 7) is 4.36. The Morgan fingerprint density at radius 2 is 1.67 bits per heavy atom. The van der Waals surface area contributed by atoms with Crippen LogP contribution in [0.1, 0.15) is 11.1 Å². The maximum absolute atomic E-state index is 12.1. The van der Waals surface area contributed by atoms with Crippen molar-refractivity contribution in [2.75, 3.05) is 24.3 Å². The number of aromatic nitrogens is 1. The first-order chi connectivity index (χ1) is 9.94. The van der Waals surface area contributed by atoms with Gasteiger partial charge >= 0.3 is 0 Å². The number of benzene rings is 1. The van der Waals surface area contributed by atoms with Gasteiger partial charge in [-0.15, -0.1) is 0 Å². The van der Waals surface area contributed by atoms with Crippen molar-refractivity contribution in [2.24, 2.45) is 0 Å². The van der Waals surface area contributed by atoms with E-state index < -0.39 is 0 Å². The summed E-state index contributed by atoms with van der Waals surface area (Å²) >= 11 is 0. The lowest BCUT2D eigenvalue weighted by molar-refractivity contribution is -0.684. The Morgan fingerprint density at radius 3 is 2.19 bits per heavy atom. The molecule has 0 radical (unpaired) electrons. The molecule has 0 bridgehead atoms. The maximum atomic E-state index is 12.1. The molecule has 4 heteroatoms. The van der Waals surface area contributed by atoms with Crippen LogP contribution in [0.25, 0.3) is 0 Å². The molecule has 0 saturated carbocycles. The number of carbonyl (C=O) groups is 1. The number of aryl methyl sites for hydroxylation is 2. The largest absolute Gasteiger partial charge is 0.377 e. The molecule has 1 aromatic carbocycles. The Bertz CT molecular complexity index is 613. The number of hydrogen-bond acceptors (Lipinski definition) is 2. The number of carbonyl (C=O) groups excluding carboxylic acids is 1. The summed E-state index contributed by atoms with van der Waals surface area (Å²) in [5, 5.41) is 2.94. The van der Waals surface area contributed by atoms with Gasteiger partial charge in [0, 0.05) is 37.6 Å². The van der Waals surface area contributed by atoms with Gasteiger partial charge in [-0.05, 0) is 37.1 Å². The third-order valence-corrected chi connectivity index (χ3v) is 3.22. The third kappa shape index (κ3) is 4.31. The van der Waals surface area contributed by atoms with Crippen molar-refractivity contribution in [3.05, 3.63) is 53.9 Å². The molecule has 0 atom stereocenters. The van der Waals surface area contributed by atoms with Crippen LogP contribution < -0.4 is 14.8 Å². The van der Waals surface area contributed by atoms with Crippen LogP contribution in [0.5, 0.6) is 0 Å². The minimum atomic E-state index is -0.0254. The second-order valence-electron chi connectivity index (χ2n) is 5.55. The molecule has 1 N–H and O–H groups in total. The lowest BCUT2D eigenvalue weighted by atomic mass is 10.1. The SMILES string of the molecule is Cc1cc(C)cc(NC(=O)C[n+]2ccc(N(C)C)cc2)c1. The first-order valence-corrected chi connectivity index (χ1v) is 6.98. The van der Waals surface area contributed by atoms with Crippen molar-refractivity contribution >= 4 is 17.3 Å². The third-order valence-electron chi connectivity index (χ3n) is 3.22. The fraction of sp³-hybridized carbons (Fsp3) is 0.294. The molecular weight excluding hydrogens is 262 g/mol. The van der Waals surface area contributed by atoms with Crippen LogP contribution in [0.2, 0.25) is 0 Å². The molecule has 0 aliphatic rings. The first-order valence-electron chi connectivity index (χ1n) is 6.98. The molecule has 21 heavy (non-hydrogen) atoms. The minimum absolute atomic E-state index is 0.0254. The molecule has 0 spiro atoms. The van der Waals surface area contributed by atoms with Gasteiger partial charge in [0.2, 0.25) is 6.54 Å². The van der Waals surface area contributed by atoms with Gasteiger partial charge in [0.25, 0.3) is 5.91 Å². The summed E-state index contributed by atoms with van der Waals surface area (Å²) in [5.41, 5.74) is 4.26. The molecule has 2 aromatic rings. The van der Waals surface area contributed by atoms with E-state index in [1.54, 1.807) is 0 Å². The molecule has 110 valence electrons. The van der Waals surface area contributed by atoms with Crippen LogP contribution in [0.4, 0.5) is 11.4 Å². The fourth-order valence-electron chi connectivity index (χ4n) is 2.27. The van der Waals surface area contributed by atoms with Gasteiger partial charge in [-0.2, -0.15) is 4.57 Å². The Hall–Kier alpha value is -2.36. The van der Waals surface area contributed by atoms with Gasteiger partial charge in [0.15, 0.2) is 12.4 Å². The van der Waals surface area contributed by atoms with E-state index in [9.17, 15) is 4.79 Å². The van der Waals surface area contributed by atoms with Gasteiger partial charge in [0.1, 0.15) is 0 Å². The summed E-state index contributed by atoms with van der Waals surface area (Å²) in [5.74, 6) is -0.0254. The van der Waals surface area contributed by atoms with Gasteiger partial charge in [-0.25, -0.2) is 0 Å². The summed E-state index contributed by atoms with van der Waals surface area (Å²) in [6.07, 6.45) is 3.83. The number of nitrogens with one attached hydrogen (secondary N) is 1. The molecule has 1 aromatic heterocycles. The number of amides is 1. The number of hydrogen-bond donors (Lipinski definition) is 1. The second kappa shape index (κ2) is 6.39. The zero-order valence-electron chi connectivity index (χ0n) is 13.1. The Balaban J connectivity index is 2.01.